The molecule has 2 N–H and O–H groups in total. The molecule has 0 aliphatic heterocycles. The summed E-state index contributed by atoms with van der Waals surface area (Å²) < 4.78 is 10.2. The lowest BCUT2D eigenvalue weighted by Crippen LogP contribution is -2.20. The second-order valence-electron chi connectivity index (χ2n) is 15.1. The van der Waals surface area contributed by atoms with E-state index in [1.807, 2.05) is 67.5 Å². The molecule has 0 aliphatic carbocycles. The van der Waals surface area contributed by atoms with Crippen LogP contribution in [0.4, 0.5) is 0 Å². The molecule has 0 radical (unpaired) electrons. The van der Waals surface area contributed by atoms with Crippen LogP contribution in [0.3, 0.4) is 0 Å². The molecule has 42 heavy (non-hydrogen) atoms. The summed E-state index contributed by atoms with van der Waals surface area (Å²) in [7, 11) is 0. The molecule has 0 saturated heterocycles. The summed E-state index contributed by atoms with van der Waals surface area (Å²) in [5.74, 6) is -0.308. The van der Waals surface area contributed by atoms with Crippen LogP contribution in [0.15, 0.2) is 24.3 Å². The maximum absolute atomic E-state index is 12.1. The minimum atomic E-state index is -0.345. The molecule has 0 heterocycles. The van der Waals surface area contributed by atoms with Crippen molar-refractivity contribution in [3.63, 3.8) is 0 Å². The van der Waals surface area contributed by atoms with Gasteiger partial charge in [0, 0.05) is 11.1 Å². The topological polar surface area (TPSA) is 93.1 Å². The number of phenols is 2. The lowest BCUT2D eigenvalue weighted by atomic mass is 9.77. The van der Waals surface area contributed by atoms with Crippen molar-refractivity contribution in [1.82, 2.24) is 0 Å². The molecular formula is C36H56O6. The van der Waals surface area contributed by atoms with Crippen LogP contribution in [0.25, 0.3) is 0 Å². The third-order valence-electron chi connectivity index (χ3n) is 7.13. The molecule has 1 unspecified atom stereocenters. The molecule has 1 atom stereocenters. The minimum absolute atomic E-state index is 0.200. The number of phenolic OH excluding ortho intramolecular Hbond substituents is 2. The van der Waals surface area contributed by atoms with Gasteiger partial charge in [-0.15, -0.1) is 0 Å². The molecule has 2 aromatic rings. The van der Waals surface area contributed by atoms with Gasteiger partial charge in [0.05, 0.1) is 24.7 Å². The number of aromatic hydroxyl groups is 2. The van der Waals surface area contributed by atoms with Crippen LogP contribution in [-0.4, -0.2) is 35.4 Å². The maximum atomic E-state index is 12.1. The number of rotatable bonds is 5. The van der Waals surface area contributed by atoms with Crippen molar-refractivity contribution >= 4 is 11.9 Å². The monoisotopic (exact) mass is 584 g/mol. The van der Waals surface area contributed by atoms with Crippen molar-refractivity contribution in [2.45, 2.75) is 131 Å². The van der Waals surface area contributed by atoms with Gasteiger partial charge in [0.25, 0.3) is 0 Å². The van der Waals surface area contributed by atoms with Crippen LogP contribution in [0.1, 0.15) is 148 Å². The zero-order valence-corrected chi connectivity index (χ0v) is 28.8. The van der Waals surface area contributed by atoms with Crippen molar-refractivity contribution in [3.05, 3.63) is 57.6 Å². The highest BCUT2D eigenvalue weighted by Crippen LogP contribution is 2.42. The van der Waals surface area contributed by atoms with E-state index in [0.29, 0.717) is 24.5 Å². The number of carbonyl (C=O) groups is 2. The van der Waals surface area contributed by atoms with Crippen LogP contribution in [-0.2, 0) is 35.9 Å². The smallest absolute Gasteiger partial charge is 0.338 e. The van der Waals surface area contributed by atoms with Crippen molar-refractivity contribution in [3.8, 4) is 11.5 Å². The maximum Gasteiger partial charge on any atom is 0.338 e. The van der Waals surface area contributed by atoms with Crippen LogP contribution in [0.2, 0.25) is 0 Å². The summed E-state index contributed by atoms with van der Waals surface area (Å²) in [5, 5.41) is 21.2. The van der Waals surface area contributed by atoms with Crippen LogP contribution < -0.4 is 0 Å². The van der Waals surface area contributed by atoms with E-state index in [2.05, 4.69) is 41.5 Å². The Kier molecular flexibility index (Phi) is 11.9. The fraction of sp³-hybridized carbons (Fsp3) is 0.611. The normalized spacial score (nSPS) is 13.1. The lowest BCUT2D eigenvalue weighted by Gasteiger charge is -2.29. The second-order valence-corrected chi connectivity index (χ2v) is 15.1. The van der Waals surface area contributed by atoms with Crippen LogP contribution >= 0.6 is 0 Å². The summed E-state index contributed by atoms with van der Waals surface area (Å²) in [5.41, 5.74) is 3.78. The highest BCUT2D eigenvalue weighted by molar-refractivity contribution is 5.90. The van der Waals surface area contributed by atoms with Gasteiger partial charge in [-0.2, -0.15) is 0 Å². The van der Waals surface area contributed by atoms with Crippen molar-refractivity contribution < 1.29 is 29.3 Å². The van der Waals surface area contributed by atoms with Crippen molar-refractivity contribution in [1.29, 1.82) is 0 Å². The highest BCUT2D eigenvalue weighted by Gasteiger charge is 2.30. The third-order valence-corrected chi connectivity index (χ3v) is 7.13. The molecule has 2 rings (SSSR count). The summed E-state index contributed by atoms with van der Waals surface area (Å²) in [6, 6.07) is 7.35. The van der Waals surface area contributed by atoms with Gasteiger partial charge in [0.2, 0.25) is 0 Å². The summed E-state index contributed by atoms with van der Waals surface area (Å²) >= 11 is 0. The Balaban J connectivity index is 0.000000422. The summed E-state index contributed by atoms with van der Waals surface area (Å²) in [6.07, 6.45) is 0. The Morgan fingerprint density at radius 1 is 0.619 bits per heavy atom. The molecule has 0 fully saturated rings. The van der Waals surface area contributed by atoms with Gasteiger partial charge in [-0.3, -0.25) is 4.79 Å². The largest absolute Gasteiger partial charge is 0.507 e. The van der Waals surface area contributed by atoms with E-state index in [0.717, 1.165) is 27.8 Å². The third kappa shape index (κ3) is 9.50. The molecule has 0 saturated carbocycles. The van der Waals surface area contributed by atoms with Gasteiger partial charge in [-0.25, -0.2) is 4.79 Å². The predicted molar refractivity (Wildman–Crippen MR) is 172 cm³/mol. The molecule has 6 nitrogen and oxygen atoms in total. The average molecular weight is 585 g/mol. The Labute approximate surface area is 254 Å². The summed E-state index contributed by atoms with van der Waals surface area (Å²) in [4.78, 5) is 24.1. The molecule has 236 valence electrons. The molecular weight excluding hydrogens is 528 g/mol. The lowest BCUT2D eigenvalue weighted by molar-refractivity contribution is -0.144. The number of carbonyl (C=O) groups excluding carboxylic acids is 2. The fourth-order valence-electron chi connectivity index (χ4n) is 4.56. The Morgan fingerprint density at radius 3 is 1.21 bits per heavy atom. The summed E-state index contributed by atoms with van der Waals surface area (Å²) in [6.45, 7) is 30.6. The van der Waals surface area contributed by atoms with E-state index in [1.165, 1.54) is 0 Å². The SMILES string of the molecule is CCOC(=O)C(C)c1cc(C(C)(C)C)c(O)c(C(C)(C)C)c1.CCOC(=O)c1cc(C(C)(C)C)c(O)c(C(C)(C)C)c1. The number of esters is 2. The van der Waals surface area contributed by atoms with E-state index in [1.54, 1.807) is 19.1 Å². The number of hydrogen-bond acceptors (Lipinski definition) is 6. The number of ether oxygens (including phenoxy) is 2. The Morgan fingerprint density at radius 2 is 0.929 bits per heavy atom. The van der Waals surface area contributed by atoms with E-state index in [9.17, 15) is 19.8 Å². The number of hydrogen-bond donors (Lipinski definition) is 2. The van der Waals surface area contributed by atoms with E-state index < -0.39 is 0 Å². The molecule has 0 amide bonds. The van der Waals surface area contributed by atoms with E-state index >= 15 is 0 Å². The zero-order chi connectivity index (χ0) is 33.0. The molecule has 6 heteroatoms. The van der Waals surface area contributed by atoms with Gasteiger partial charge in [-0.1, -0.05) is 95.2 Å². The highest BCUT2D eigenvalue weighted by atomic mass is 16.5. The van der Waals surface area contributed by atoms with E-state index in [-0.39, 0.29) is 45.3 Å². The Hall–Kier alpha value is -3.02. The Bertz CT molecular complexity index is 1170. The average Bonchev–Trinajstić information content (AvgIpc) is 2.81. The standard InChI is InChI=1S/C19H30O3.C17H26O3/c1-9-22-17(21)12(2)13-10-14(18(3,4)5)16(20)15(11-13)19(6,7)8;1-8-20-15(19)11-9-12(16(2,3)4)14(18)13(10-11)17(5,6)7/h10-12,20H,9H2,1-8H3;9-10,18H,8H2,1-7H3. The van der Waals surface area contributed by atoms with Gasteiger partial charge < -0.3 is 19.7 Å². The van der Waals surface area contributed by atoms with Crippen LogP contribution in [0, 0.1) is 0 Å². The molecule has 0 aliphatic rings. The first-order chi connectivity index (χ1) is 18.9. The van der Waals surface area contributed by atoms with Gasteiger partial charge in [-0.05, 0) is 71.3 Å². The first-order valence-corrected chi connectivity index (χ1v) is 15.0. The van der Waals surface area contributed by atoms with Crippen molar-refractivity contribution in [2.75, 3.05) is 13.2 Å². The molecule has 0 bridgehead atoms. The van der Waals surface area contributed by atoms with Gasteiger partial charge in [0.1, 0.15) is 11.5 Å². The first kappa shape index (κ1) is 37.0. The molecule has 2 aromatic carbocycles. The predicted octanol–water partition coefficient (Wildman–Crippen LogP) is 8.82. The second kappa shape index (κ2) is 13.5. The fourth-order valence-corrected chi connectivity index (χ4v) is 4.56. The van der Waals surface area contributed by atoms with E-state index in [4.69, 9.17) is 9.47 Å². The van der Waals surface area contributed by atoms with Crippen LogP contribution in [0.5, 0.6) is 11.5 Å². The quantitative estimate of drug-likeness (QED) is 0.341. The van der Waals surface area contributed by atoms with Gasteiger partial charge >= 0.3 is 11.9 Å². The zero-order valence-electron chi connectivity index (χ0n) is 28.8. The number of benzene rings is 2. The first-order valence-electron chi connectivity index (χ1n) is 15.0. The molecule has 0 aromatic heterocycles. The molecule has 0 spiro atoms. The minimum Gasteiger partial charge on any atom is -0.507 e. The van der Waals surface area contributed by atoms with Gasteiger partial charge in [0.15, 0.2) is 0 Å². The van der Waals surface area contributed by atoms with Crippen molar-refractivity contribution in [2.24, 2.45) is 0 Å².